The highest BCUT2D eigenvalue weighted by molar-refractivity contribution is 6.42. The van der Waals surface area contributed by atoms with Crippen LogP contribution >= 0.6 is 23.2 Å². The van der Waals surface area contributed by atoms with Crippen molar-refractivity contribution in [3.63, 3.8) is 0 Å². The Morgan fingerprint density at radius 3 is 2.50 bits per heavy atom. The van der Waals surface area contributed by atoms with E-state index in [4.69, 9.17) is 39.4 Å². The van der Waals surface area contributed by atoms with Crippen LogP contribution in [-0.4, -0.2) is 12.0 Å². The van der Waals surface area contributed by atoms with Crippen molar-refractivity contribution >= 4 is 34.8 Å². The number of rotatable bonds is 4. The standard InChI is InChI=1S/C10H12Cl2N2O2/c1-2-8(10(14)15)16-9-4-6(12)5(11)3-7(9)13/h3-4,8H,2,13H2,1H3,(H2,14,15). The summed E-state index contributed by atoms with van der Waals surface area (Å²) < 4.78 is 5.35. The number of primary amides is 1. The van der Waals surface area contributed by atoms with Gasteiger partial charge in [0.15, 0.2) is 6.10 Å². The summed E-state index contributed by atoms with van der Waals surface area (Å²) in [6.07, 6.45) is -0.269. The highest BCUT2D eigenvalue weighted by Gasteiger charge is 2.16. The number of carbonyl (C=O) groups is 1. The van der Waals surface area contributed by atoms with Gasteiger partial charge < -0.3 is 16.2 Å². The lowest BCUT2D eigenvalue weighted by Gasteiger charge is -2.16. The van der Waals surface area contributed by atoms with Gasteiger partial charge in [0.25, 0.3) is 5.91 Å². The predicted molar refractivity (Wildman–Crippen MR) is 64.8 cm³/mol. The number of hydrogen-bond acceptors (Lipinski definition) is 3. The van der Waals surface area contributed by atoms with E-state index in [1.807, 2.05) is 0 Å². The van der Waals surface area contributed by atoms with Crippen LogP contribution in [0.15, 0.2) is 12.1 Å². The van der Waals surface area contributed by atoms with Crippen molar-refractivity contribution in [1.29, 1.82) is 0 Å². The van der Waals surface area contributed by atoms with Crippen molar-refractivity contribution in [2.75, 3.05) is 5.73 Å². The molecular weight excluding hydrogens is 251 g/mol. The second-order valence-corrected chi connectivity index (χ2v) is 4.04. The largest absolute Gasteiger partial charge is 0.478 e. The van der Waals surface area contributed by atoms with Crippen molar-refractivity contribution in [3.8, 4) is 5.75 Å². The quantitative estimate of drug-likeness (QED) is 0.817. The minimum absolute atomic E-state index is 0.306. The maximum Gasteiger partial charge on any atom is 0.258 e. The van der Waals surface area contributed by atoms with Gasteiger partial charge >= 0.3 is 0 Å². The summed E-state index contributed by atoms with van der Waals surface area (Å²) in [4.78, 5) is 11.0. The van der Waals surface area contributed by atoms with E-state index in [2.05, 4.69) is 0 Å². The first-order valence-electron chi connectivity index (χ1n) is 4.66. The highest BCUT2D eigenvalue weighted by Crippen LogP contribution is 2.33. The monoisotopic (exact) mass is 262 g/mol. The normalized spacial score (nSPS) is 12.2. The maximum absolute atomic E-state index is 11.0. The molecule has 1 aromatic rings. The first kappa shape index (κ1) is 12.9. The third-order valence-corrected chi connectivity index (χ3v) is 2.73. The maximum atomic E-state index is 11.0. The molecule has 0 spiro atoms. The first-order valence-corrected chi connectivity index (χ1v) is 5.41. The van der Waals surface area contributed by atoms with Crippen LogP contribution < -0.4 is 16.2 Å². The molecule has 0 aliphatic carbocycles. The second kappa shape index (κ2) is 5.27. The van der Waals surface area contributed by atoms with Crippen LogP contribution in [0.2, 0.25) is 10.0 Å². The van der Waals surface area contributed by atoms with E-state index >= 15 is 0 Å². The number of nitrogens with two attached hydrogens (primary N) is 2. The van der Waals surface area contributed by atoms with Crippen molar-refractivity contribution in [2.24, 2.45) is 5.73 Å². The van der Waals surface area contributed by atoms with E-state index in [0.29, 0.717) is 27.9 Å². The van der Waals surface area contributed by atoms with Crippen LogP contribution in [0, 0.1) is 0 Å². The molecule has 88 valence electrons. The minimum atomic E-state index is -0.723. The highest BCUT2D eigenvalue weighted by atomic mass is 35.5. The van der Waals surface area contributed by atoms with E-state index in [1.54, 1.807) is 6.92 Å². The van der Waals surface area contributed by atoms with Crippen molar-refractivity contribution in [2.45, 2.75) is 19.4 Å². The van der Waals surface area contributed by atoms with Gasteiger partial charge in [0.2, 0.25) is 0 Å². The fraction of sp³-hybridized carbons (Fsp3) is 0.300. The lowest BCUT2D eigenvalue weighted by molar-refractivity contribution is -0.124. The molecule has 1 aromatic carbocycles. The summed E-state index contributed by atoms with van der Waals surface area (Å²) in [5.74, 6) is -0.243. The fourth-order valence-corrected chi connectivity index (χ4v) is 1.47. The van der Waals surface area contributed by atoms with Gasteiger partial charge in [-0.15, -0.1) is 0 Å². The summed E-state index contributed by atoms with van der Waals surface area (Å²) >= 11 is 11.6. The number of amides is 1. The zero-order valence-corrected chi connectivity index (χ0v) is 10.2. The number of halogens is 2. The van der Waals surface area contributed by atoms with E-state index in [-0.39, 0.29) is 0 Å². The smallest absolute Gasteiger partial charge is 0.258 e. The molecule has 0 saturated heterocycles. The molecule has 0 bridgehead atoms. The van der Waals surface area contributed by atoms with Crippen molar-refractivity contribution in [3.05, 3.63) is 22.2 Å². The zero-order chi connectivity index (χ0) is 12.3. The minimum Gasteiger partial charge on any atom is -0.478 e. The molecule has 0 radical (unpaired) electrons. The van der Waals surface area contributed by atoms with E-state index in [0.717, 1.165) is 0 Å². The SMILES string of the molecule is CCC(Oc1cc(Cl)c(Cl)cc1N)C(N)=O. The van der Waals surface area contributed by atoms with Gasteiger partial charge in [0.1, 0.15) is 5.75 Å². The molecule has 4 N–H and O–H groups in total. The Morgan fingerprint density at radius 2 is 2.00 bits per heavy atom. The number of carbonyl (C=O) groups excluding carboxylic acids is 1. The summed E-state index contributed by atoms with van der Waals surface area (Å²) in [5, 5.41) is 0.642. The molecule has 0 aliphatic rings. The molecule has 1 atom stereocenters. The van der Waals surface area contributed by atoms with Crippen molar-refractivity contribution in [1.82, 2.24) is 0 Å². The Labute approximate surface area is 103 Å². The van der Waals surface area contributed by atoms with Gasteiger partial charge in [-0.2, -0.15) is 0 Å². The lowest BCUT2D eigenvalue weighted by atomic mass is 10.2. The average Bonchev–Trinajstić information content (AvgIpc) is 2.21. The van der Waals surface area contributed by atoms with Gasteiger partial charge in [0, 0.05) is 6.07 Å². The number of hydrogen-bond donors (Lipinski definition) is 2. The van der Waals surface area contributed by atoms with Crippen LogP contribution in [-0.2, 0) is 4.79 Å². The van der Waals surface area contributed by atoms with Gasteiger partial charge in [-0.25, -0.2) is 0 Å². The molecular formula is C10H12Cl2N2O2. The molecule has 0 saturated carbocycles. The molecule has 4 nitrogen and oxygen atoms in total. The summed E-state index contributed by atoms with van der Waals surface area (Å²) in [5.41, 5.74) is 11.1. The van der Waals surface area contributed by atoms with Crippen LogP contribution in [0.5, 0.6) is 5.75 Å². The summed E-state index contributed by atoms with van der Waals surface area (Å²) in [6.45, 7) is 1.78. The van der Waals surface area contributed by atoms with E-state index < -0.39 is 12.0 Å². The Bertz CT molecular complexity index is 410. The summed E-state index contributed by atoms with van der Waals surface area (Å²) in [7, 11) is 0. The third-order valence-electron chi connectivity index (χ3n) is 2.01. The second-order valence-electron chi connectivity index (χ2n) is 3.22. The van der Waals surface area contributed by atoms with Crippen molar-refractivity contribution < 1.29 is 9.53 Å². The Morgan fingerprint density at radius 1 is 1.44 bits per heavy atom. The van der Waals surface area contributed by atoms with Crippen LogP contribution in [0.3, 0.4) is 0 Å². The predicted octanol–water partition coefficient (Wildman–Crippen LogP) is 2.22. The van der Waals surface area contributed by atoms with Gasteiger partial charge in [0.05, 0.1) is 15.7 Å². The number of benzene rings is 1. The van der Waals surface area contributed by atoms with Gasteiger partial charge in [-0.3, -0.25) is 4.79 Å². The molecule has 0 aromatic heterocycles. The topological polar surface area (TPSA) is 78.3 Å². The first-order chi connectivity index (χ1) is 7.45. The molecule has 6 heteroatoms. The zero-order valence-electron chi connectivity index (χ0n) is 8.67. The molecule has 1 amide bonds. The van der Waals surface area contributed by atoms with E-state index in [9.17, 15) is 4.79 Å². The van der Waals surface area contributed by atoms with E-state index in [1.165, 1.54) is 12.1 Å². The lowest BCUT2D eigenvalue weighted by Crippen LogP contribution is -2.33. The molecule has 1 rings (SSSR count). The third kappa shape index (κ3) is 2.93. The molecule has 0 fully saturated rings. The van der Waals surface area contributed by atoms with Crippen LogP contribution in [0.25, 0.3) is 0 Å². The van der Waals surface area contributed by atoms with Crippen LogP contribution in [0.1, 0.15) is 13.3 Å². The van der Waals surface area contributed by atoms with Gasteiger partial charge in [-0.05, 0) is 12.5 Å². The fourth-order valence-electron chi connectivity index (χ4n) is 1.14. The van der Waals surface area contributed by atoms with Gasteiger partial charge in [-0.1, -0.05) is 30.1 Å². The molecule has 1 unspecified atom stereocenters. The Hall–Kier alpha value is -1.13. The Balaban J connectivity index is 2.96. The molecule has 0 heterocycles. The number of ether oxygens (including phenoxy) is 1. The average molecular weight is 263 g/mol. The Kier molecular flexibility index (Phi) is 4.26. The molecule has 16 heavy (non-hydrogen) atoms. The number of anilines is 1. The number of nitrogen functional groups attached to an aromatic ring is 1. The van der Waals surface area contributed by atoms with Crippen LogP contribution in [0.4, 0.5) is 5.69 Å². The summed E-state index contributed by atoms with van der Waals surface area (Å²) in [6, 6.07) is 2.93. The molecule has 0 aliphatic heterocycles.